The maximum Gasteiger partial charge on any atom is 0.104 e. The largest absolute Gasteiger partial charge is 0.370 e. The molecule has 1 aliphatic rings. The average Bonchev–Trinajstić information content (AvgIpc) is 2.77. The van der Waals surface area contributed by atoms with Gasteiger partial charge in [0.15, 0.2) is 0 Å². The first-order valence-corrected chi connectivity index (χ1v) is 6.96. The van der Waals surface area contributed by atoms with E-state index in [1.165, 1.54) is 9.75 Å². The summed E-state index contributed by atoms with van der Waals surface area (Å²) in [4.78, 5) is 2.82. The first kappa shape index (κ1) is 12.1. The molecule has 0 amide bonds. The molecule has 2 unspecified atom stereocenters. The van der Waals surface area contributed by atoms with Crippen LogP contribution in [-0.4, -0.2) is 19.2 Å². The van der Waals surface area contributed by atoms with Gasteiger partial charge in [0, 0.05) is 22.3 Å². The van der Waals surface area contributed by atoms with Crippen LogP contribution in [0, 0.1) is 5.92 Å². The Kier molecular flexibility index (Phi) is 4.00. The Morgan fingerprint density at radius 2 is 2.31 bits per heavy atom. The minimum Gasteiger partial charge on any atom is -0.370 e. The van der Waals surface area contributed by atoms with Crippen molar-refractivity contribution in [3.63, 3.8) is 0 Å². The highest BCUT2D eigenvalue weighted by atomic mass is 32.1. The maximum absolute atomic E-state index is 5.94. The minimum atomic E-state index is 0.264. The van der Waals surface area contributed by atoms with E-state index in [9.17, 15) is 0 Å². The third-order valence-electron chi connectivity index (χ3n) is 3.20. The Hall–Kier alpha value is -0.380. The fourth-order valence-corrected chi connectivity index (χ4v) is 2.97. The van der Waals surface area contributed by atoms with Crippen LogP contribution in [0.4, 0.5) is 0 Å². The van der Waals surface area contributed by atoms with Crippen molar-refractivity contribution in [3.8, 4) is 0 Å². The van der Waals surface area contributed by atoms with Gasteiger partial charge in [-0.15, -0.1) is 11.3 Å². The third kappa shape index (κ3) is 2.65. The van der Waals surface area contributed by atoms with Crippen LogP contribution in [0.1, 0.15) is 36.6 Å². The predicted octanol–water partition coefficient (Wildman–Crippen LogP) is 3.00. The molecule has 2 nitrogen and oxygen atoms in total. The van der Waals surface area contributed by atoms with E-state index in [-0.39, 0.29) is 6.10 Å². The highest BCUT2D eigenvalue weighted by molar-refractivity contribution is 7.12. The summed E-state index contributed by atoms with van der Waals surface area (Å²) in [6.45, 7) is 8.46. The molecule has 16 heavy (non-hydrogen) atoms. The molecule has 0 saturated carbocycles. The summed E-state index contributed by atoms with van der Waals surface area (Å²) in [7, 11) is 0. The van der Waals surface area contributed by atoms with Gasteiger partial charge in [-0.2, -0.15) is 0 Å². The fourth-order valence-electron chi connectivity index (χ4n) is 1.96. The summed E-state index contributed by atoms with van der Waals surface area (Å²) < 4.78 is 5.94. The molecule has 1 aromatic heterocycles. The highest BCUT2D eigenvalue weighted by Crippen LogP contribution is 2.28. The smallest absolute Gasteiger partial charge is 0.104 e. The van der Waals surface area contributed by atoms with Gasteiger partial charge in [0.05, 0.1) is 6.61 Å². The van der Waals surface area contributed by atoms with Crippen molar-refractivity contribution in [1.29, 1.82) is 0 Å². The van der Waals surface area contributed by atoms with E-state index in [0.29, 0.717) is 12.0 Å². The van der Waals surface area contributed by atoms with E-state index in [1.807, 2.05) is 11.3 Å². The Labute approximate surface area is 102 Å². The number of morpholine rings is 1. The number of thiophene rings is 1. The van der Waals surface area contributed by atoms with Crippen molar-refractivity contribution in [2.24, 2.45) is 5.92 Å². The topological polar surface area (TPSA) is 21.3 Å². The number of ether oxygens (including phenoxy) is 1. The maximum atomic E-state index is 5.94. The molecule has 2 heterocycles. The van der Waals surface area contributed by atoms with E-state index in [1.54, 1.807) is 0 Å². The lowest BCUT2D eigenvalue weighted by atomic mass is 10.0. The van der Waals surface area contributed by atoms with Crippen molar-refractivity contribution < 1.29 is 4.74 Å². The predicted molar refractivity (Wildman–Crippen MR) is 69.0 cm³/mol. The first-order chi connectivity index (χ1) is 7.70. The van der Waals surface area contributed by atoms with Crippen molar-refractivity contribution in [1.82, 2.24) is 5.32 Å². The molecule has 3 heteroatoms. The zero-order valence-electron chi connectivity index (χ0n) is 10.3. The van der Waals surface area contributed by atoms with Gasteiger partial charge in [0.2, 0.25) is 0 Å². The van der Waals surface area contributed by atoms with Crippen LogP contribution >= 0.6 is 11.3 Å². The van der Waals surface area contributed by atoms with E-state index in [4.69, 9.17) is 4.74 Å². The second-order valence-corrected chi connectivity index (χ2v) is 5.94. The summed E-state index contributed by atoms with van der Waals surface area (Å²) in [5.74, 6) is 0.649. The minimum absolute atomic E-state index is 0.264. The van der Waals surface area contributed by atoms with Gasteiger partial charge in [0.1, 0.15) is 6.10 Å². The highest BCUT2D eigenvalue weighted by Gasteiger charge is 2.24. The van der Waals surface area contributed by atoms with Gasteiger partial charge >= 0.3 is 0 Å². The summed E-state index contributed by atoms with van der Waals surface area (Å²) >= 11 is 1.88. The third-order valence-corrected chi connectivity index (χ3v) is 4.52. The molecule has 0 radical (unpaired) electrons. The van der Waals surface area contributed by atoms with Gasteiger partial charge in [0.25, 0.3) is 0 Å². The Morgan fingerprint density at radius 3 is 2.81 bits per heavy atom. The molecule has 2 rings (SSSR count). The summed E-state index contributed by atoms with van der Waals surface area (Å²) in [6.07, 6.45) is 1.39. The van der Waals surface area contributed by atoms with Crippen LogP contribution in [0.15, 0.2) is 12.1 Å². The zero-order chi connectivity index (χ0) is 11.5. The van der Waals surface area contributed by atoms with Gasteiger partial charge < -0.3 is 10.1 Å². The van der Waals surface area contributed by atoms with Crippen LogP contribution in [-0.2, 0) is 11.2 Å². The first-order valence-electron chi connectivity index (χ1n) is 6.14. The standard InChI is InChI=1S/C13H21NOS/c1-4-10-5-6-13(16-10)12-7-14-11(8-15-12)9(2)3/h5-6,9,11-12,14H,4,7-8H2,1-3H3. The number of rotatable bonds is 3. The van der Waals surface area contributed by atoms with Gasteiger partial charge in [-0.3, -0.25) is 0 Å². The van der Waals surface area contributed by atoms with Crippen LogP contribution in [0.5, 0.6) is 0 Å². The molecule has 1 aromatic rings. The molecule has 0 aromatic carbocycles. The summed E-state index contributed by atoms with van der Waals surface area (Å²) in [5, 5.41) is 3.58. The van der Waals surface area contributed by atoms with Crippen LogP contribution in [0.2, 0.25) is 0 Å². The molecular weight excluding hydrogens is 218 g/mol. The Balaban J connectivity index is 1.93. The number of hydrogen-bond acceptors (Lipinski definition) is 3. The molecule has 0 bridgehead atoms. The van der Waals surface area contributed by atoms with Gasteiger partial charge in [-0.25, -0.2) is 0 Å². The van der Waals surface area contributed by atoms with Crippen molar-refractivity contribution in [3.05, 3.63) is 21.9 Å². The van der Waals surface area contributed by atoms with E-state index < -0.39 is 0 Å². The molecule has 0 spiro atoms. The van der Waals surface area contributed by atoms with Crippen molar-refractivity contribution >= 4 is 11.3 Å². The second-order valence-electron chi connectivity index (χ2n) is 4.74. The van der Waals surface area contributed by atoms with E-state index in [0.717, 1.165) is 19.6 Å². The van der Waals surface area contributed by atoms with Crippen LogP contribution in [0.3, 0.4) is 0 Å². The molecule has 1 saturated heterocycles. The van der Waals surface area contributed by atoms with Gasteiger partial charge in [-0.1, -0.05) is 20.8 Å². The molecule has 1 aliphatic heterocycles. The molecule has 0 aliphatic carbocycles. The molecule has 90 valence electrons. The Bertz CT molecular complexity index is 326. The SMILES string of the molecule is CCc1ccc(C2CNC(C(C)C)CO2)s1. The van der Waals surface area contributed by atoms with Crippen LogP contribution in [0.25, 0.3) is 0 Å². The fraction of sp³-hybridized carbons (Fsp3) is 0.692. The Morgan fingerprint density at radius 1 is 1.50 bits per heavy atom. The lowest BCUT2D eigenvalue weighted by molar-refractivity contribution is -0.00520. The summed E-state index contributed by atoms with van der Waals surface area (Å²) in [5.41, 5.74) is 0. The number of aryl methyl sites for hydroxylation is 1. The second kappa shape index (κ2) is 5.30. The lowest BCUT2D eigenvalue weighted by Crippen LogP contribution is -2.45. The van der Waals surface area contributed by atoms with E-state index >= 15 is 0 Å². The monoisotopic (exact) mass is 239 g/mol. The zero-order valence-corrected chi connectivity index (χ0v) is 11.1. The lowest BCUT2D eigenvalue weighted by Gasteiger charge is -2.32. The number of hydrogen-bond donors (Lipinski definition) is 1. The normalized spacial score (nSPS) is 26.2. The van der Waals surface area contributed by atoms with Crippen molar-refractivity contribution in [2.75, 3.05) is 13.2 Å². The van der Waals surface area contributed by atoms with Crippen molar-refractivity contribution in [2.45, 2.75) is 39.3 Å². The molecule has 1 N–H and O–H groups in total. The quantitative estimate of drug-likeness (QED) is 0.875. The number of nitrogens with one attached hydrogen (secondary N) is 1. The van der Waals surface area contributed by atoms with Crippen LogP contribution < -0.4 is 5.32 Å². The molecule has 1 fully saturated rings. The summed E-state index contributed by atoms with van der Waals surface area (Å²) in [6, 6.07) is 4.95. The molecule has 2 atom stereocenters. The molecular formula is C13H21NOS. The van der Waals surface area contributed by atoms with Gasteiger partial charge in [-0.05, 0) is 24.5 Å². The van der Waals surface area contributed by atoms with E-state index in [2.05, 4.69) is 38.2 Å². The average molecular weight is 239 g/mol.